The van der Waals surface area contributed by atoms with Crippen molar-refractivity contribution in [3.8, 4) is 0 Å². The molecule has 124 valence electrons. The number of hydrogen-bond acceptors (Lipinski definition) is 8. The van der Waals surface area contributed by atoms with Crippen molar-refractivity contribution >= 4 is 33.5 Å². The van der Waals surface area contributed by atoms with Crippen LogP contribution < -0.4 is 15.8 Å². The first-order chi connectivity index (χ1) is 11.7. The molecule has 0 aliphatic carbocycles. The van der Waals surface area contributed by atoms with Gasteiger partial charge < -0.3 is 10.2 Å². The van der Waals surface area contributed by atoms with Gasteiger partial charge in [-0.15, -0.1) is 11.3 Å². The minimum atomic E-state index is -0.118. The molecule has 0 aromatic carbocycles. The Morgan fingerprint density at radius 3 is 3.17 bits per heavy atom. The topological polar surface area (TPSA) is 99.7 Å². The quantitative estimate of drug-likeness (QED) is 0.744. The van der Waals surface area contributed by atoms with Crippen LogP contribution in [0.1, 0.15) is 18.5 Å². The van der Waals surface area contributed by atoms with E-state index in [1.807, 2.05) is 6.92 Å². The lowest BCUT2D eigenvalue weighted by atomic mass is 10.1. The molecule has 0 amide bonds. The zero-order valence-corrected chi connectivity index (χ0v) is 14.0. The van der Waals surface area contributed by atoms with Gasteiger partial charge in [0.2, 0.25) is 5.95 Å². The van der Waals surface area contributed by atoms with E-state index in [-0.39, 0.29) is 11.6 Å². The first-order valence-corrected chi connectivity index (χ1v) is 8.70. The van der Waals surface area contributed by atoms with E-state index in [9.17, 15) is 4.79 Å². The number of aromatic nitrogens is 5. The Bertz CT molecular complexity index is 921. The predicted molar refractivity (Wildman–Crippen MR) is 93.7 cm³/mol. The van der Waals surface area contributed by atoms with Crippen LogP contribution in [0.25, 0.3) is 10.3 Å². The Labute approximate surface area is 142 Å². The minimum Gasteiger partial charge on any atom is -0.364 e. The number of rotatable bonds is 3. The van der Waals surface area contributed by atoms with Crippen molar-refractivity contribution in [3.63, 3.8) is 0 Å². The van der Waals surface area contributed by atoms with Crippen molar-refractivity contribution in [1.82, 2.24) is 24.9 Å². The summed E-state index contributed by atoms with van der Waals surface area (Å²) in [5, 5.41) is 3.47. The molecular weight excluding hydrogens is 326 g/mol. The monoisotopic (exact) mass is 343 g/mol. The molecule has 1 fully saturated rings. The highest BCUT2D eigenvalue weighted by molar-refractivity contribution is 7.16. The smallest absolute Gasteiger partial charge is 0.252 e. The Balaban J connectivity index is 1.54. The molecule has 3 aromatic heterocycles. The van der Waals surface area contributed by atoms with Gasteiger partial charge in [0.05, 0.1) is 5.51 Å². The van der Waals surface area contributed by atoms with E-state index in [1.165, 1.54) is 17.4 Å². The molecule has 0 radical (unpaired) electrons. The number of hydrogen-bond donors (Lipinski definition) is 2. The van der Waals surface area contributed by atoms with Gasteiger partial charge in [0.25, 0.3) is 5.56 Å². The molecule has 8 nitrogen and oxygen atoms in total. The number of aromatic amines is 1. The highest BCUT2D eigenvalue weighted by Crippen LogP contribution is 2.23. The normalized spacial score (nSPS) is 18.0. The maximum absolute atomic E-state index is 11.7. The second-order valence-corrected chi connectivity index (χ2v) is 6.70. The van der Waals surface area contributed by atoms with Crippen molar-refractivity contribution < 1.29 is 0 Å². The van der Waals surface area contributed by atoms with E-state index < -0.39 is 0 Å². The summed E-state index contributed by atoms with van der Waals surface area (Å²) in [5.74, 6) is 1.40. The van der Waals surface area contributed by atoms with Crippen LogP contribution in [0.3, 0.4) is 0 Å². The zero-order valence-electron chi connectivity index (χ0n) is 13.2. The van der Waals surface area contributed by atoms with Gasteiger partial charge in [0.1, 0.15) is 16.7 Å². The third-order valence-electron chi connectivity index (χ3n) is 4.05. The number of fused-ring (bicyclic) bond motifs is 1. The first-order valence-electron chi connectivity index (χ1n) is 7.83. The fraction of sp³-hybridized carbons (Fsp3) is 0.400. The molecular formula is C15H17N7OS. The SMILES string of the molecule is Cc1cc(=O)[nH]c(N2CCCC(Nc3ncnc4scnc34)C2)n1. The summed E-state index contributed by atoms with van der Waals surface area (Å²) in [4.78, 5) is 34.8. The average molecular weight is 343 g/mol. The minimum absolute atomic E-state index is 0.118. The van der Waals surface area contributed by atoms with Gasteiger partial charge in [-0.25, -0.2) is 19.9 Å². The molecule has 3 aromatic rings. The van der Waals surface area contributed by atoms with Crippen molar-refractivity contribution in [1.29, 1.82) is 0 Å². The maximum Gasteiger partial charge on any atom is 0.252 e. The lowest BCUT2D eigenvalue weighted by Gasteiger charge is -2.33. The van der Waals surface area contributed by atoms with Gasteiger partial charge in [0.15, 0.2) is 5.82 Å². The van der Waals surface area contributed by atoms with E-state index >= 15 is 0 Å². The van der Waals surface area contributed by atoms with E-state index in [4.69, 9.17) is 0 Å². The Morgan fingerprint density at radius 1 is 1.38 bits per heavy atom. The van der Waals surface area contributed by atoms with E-state index in [2.05, 4.69) is 35.1 Å². The summed E-state index contributed by atoms with van der Waals surface area (Å²) in [7, 11) is 0. The second kappa shape index (κ2) is 6.16. The van der Waals surface area contributed by atoms with E-state index in [1.54, 1.807) is 11.8 Å². The molecule has 1 atom stereocenters. The van der Waals surface area contributed by atoms with Crippen LogP contribution >= 0.6 is 11.3 Å². The van der Waals surface area contributed by atoms with E-state index in [0.717, 1.165) is 47.8 Å². The predicted octanol–water partition coefficient (Wildman–Crippen LogP) is 1.56. The molecule has 1 unspecified atom stereocenters. The van der Waals surface area contributed by atoms with Gasteiger partial charge in [-0.05, 0) is 19.8 Å². The van der Waals surface area contributed by atoms with Crippen LogP contribution in [0.4, 0.5) is 11.8 Å². The highest BCUT2D eigenvalue weighted by atomic mass is 32.1. The fourth-order valence-electron chi connectivity index (χ4n) is 2.99. The lowest BCUT2D eigenvalue weighted by molar-refractivity contribution is 0.521. The molecule has 1 aliphatic rings. The molecule has 0 saturated carbocycles. The molecule has 4 heterocycles. The van der Waals surface area contributed by atoms with Crippen molar-refractivity contribution in [3.05, 3.63) is 34.0 Å². The first kappa shape index (κ1) is 15.0. The van der Waals surface area contributed by atoms with Crippen LogP contribution in [0.2, 0.25) is 0 Å². The molecule has 0 bridgehead atoms. The number of nitrogens with zero attached hydrogens (tertiary/aromatic N) is 5. The molecule has 24 heavy (non-hydrogen) atoms. The number of anilines is 2. The lowest BCUT2D eigenvalue weighted by Crippen LogP contribution is -2.43. The van der Waals surface area contributed by atoms with Crippen molar-refractivity contribution in [2.75, 3.05) is 23.3 Å². The summed E-state index contributed by atoms with van der Waals surface area (Å²) in [5.41, 5.74) is 3.19. The number of nitrogens with one attached hydrogen (secondary N) is 2. The highest BCUT2D eigenvalue weighted by Gasteiger charge is 2.23. The largest absolute Gasteiger partial charge is 0.364 e. The summed E-state index contributed by atoms with van der Waals surface area (Å²) in [6.45, 7) is 3.46. The van der Waals surface area contributed by atoms with Crippen molar-refractivity contribution in [2.24, 2.45) is 0 Å². The number of thiazole rings is 1. The van der Waals surface area contributed by atoms with Gasteiger partial charge in [0, 0.05) is 30.9 Å². The number of H-pyrrole nitrogens is 1. The van der Waals surface area contributed by atoms with Gasteiger partial charge in [-0.3, -0.25) is 9.78 Å². The van der Waals surface area contributed by atoms with Crippen LogP contribution in [0.15, 0.2) is 22.7 Å². The molecule has 4 rings (SSSR count). The van der Waals surface area contributed by atoms with Crippen molar-refractivity contribution in [2.45, 2.75) is 25.8 Å². The standard InChI is InChI=1S/C15H17N7OS/c1-9-5-11(23)21-15(19-9)22-4-2-3-10(6-22)20-13-12-14(17-7-16-13)24-8-18-12/h5,7-8,10H,2-4,6H2,1H3,(H,16,17,20)(H,19,21,23). The fourth-order valence-corrected chi connectivity index (χ4v) is 3.62. The molecule has 1 saturated heterocycles. The van der Waals surface area contributed by atoms with Crippen LogP contribution in [0, 0.1) is 6.92 Å². The van der Waals surface area contributed by atoms with Crippen LogP contribution in [0.5, 0.6) is 0 Å². The molecule has 2 N–H and O–H groups in total. The van der Waals surface area contributed by atoms with Gasteiger partial charge in [-0.1, -0.05) is 0 Å². The molecule has 1 aliphatic heterocycles. The summed E-state index contributed by atoms with van der Waals surface area (Å²) < 4.78 is 0. The second-order valence-electron chi connectivity index (χ2n) is 5.87. The van der Waals surface area contributed by atoms with Gasteiger partial charge >= 0.3 is 0 Å². The number of aryl methyl sites for hydroxylation is 1. The summed E-state index contributed by atoms with van der Waals surface area (Å²) in [6, 6.07) is 1.72. The zero-order chi connectivity index (χ0) is 16.5. The van der Waals surface area contributed by atoms with E-state index in [0.29, 0.717) is 5.95 Å². The average Bonchev–Trinajstić information content (AvgIpc) is 3.04. The Kier molecular flexibility index (Phi) is 3.85. The summed E-state index contributed by atoms with van der Waals surface area (Å²) in [6.07, 6.45) is 3.60. The maximum atomic E-state index is 11.7. The Hall–Kier alpha value is -2.55. The Morgan fingerprint density at radius 2 is 2.29 bits per heavy atom. The van der Waals surface area contributed by atoms with Crippen LogP contribution in [-0.2, 0) is 0 Å². The van der Waals surface area contributed by atoms with Gasteiger partial charge in [-0.2, -0.15) is 0 Å². The third-order valence-corrected chi connectivity index (χ3v) is 4.79. The third kappa shape index (κ3) is 2.94. The molecule has 0 spiro atoms. The number of piperidine rings is 1. The molecule has 9 heteroatoms. The van der Waals surface area contributed by atoms with Crippen LogP contribution in [-0.4, -0.2) is 44.1 Å². The summed E-state index contributed by atoms with van der Waals surface area (Å²) >= 11 is 1.50.